The van der Waals surface area contributed by atoms with Crippen LogP contribution in [0.2, 0.25) is 0 Å². The minimum Gasteiger partial charge on any atom is -0.310 e. The van der Waals surface area contributed by atoms with Crippen molar-refractivity contribution in [1.29, 1.82) is 0 Å². The molecule has 0 spiro atoms. The summed E-state index contributed by atoms with van der Waals surface area (Å²) in [5.41, 5.74) is 4.11. The van der Waals surface area contributed by atoms with Crippen LogP contribution in [0.5, 0.6) is 0 Å². The molecule has 0 amide bonds. The second-order valence-corrected chi connectivity index (χ2v) is 6.79. The first-order valence-corrected chi connectivity index (χ1v) is 7.71. The van der Waals surface area contributed by atoms with Gasteiger partial charge in [-0.2, -0.15) is 0 Å². The van der Waals surface area contributed by atoms with E-state index in [1.165, 1.54) is 26.4 Å². The van der Waals surface area contributed by atoms with Gasteiger partial charge in [-0.25, -0.2) is 0 Å². The molecule has 1 nitrogen and oxygen atoms in total. The smallest absolute Gasteiger partial charge is 0.0208 e. The lowest BCUT2D eigenvalue weighted by molar-refractivity contribution is 0.548. The molecule has 1 unspecified atom stereocenters. The zero-order valence-corrected chi connectivity index (χ0v) is 13.1. The Morgan fingerprint density at radius 3 is 2.47 bits per heavy atom. The molecule has 0 saturated carbocycles. The first-order chi connectivity index (χ1) is 9.04. The molecule has 0 aliphatic heterocycles. The summed E-state index contributed by atoms with van der Waals surface area (Å²) in [5, 5.41) is 3.61. The highest BCUT2D eigenvalue weighted by molar-refractivity contribution is 7.11. The number of aryl methyl sites for hydroxylation is 3. The highest BCUT2D eigenvalue weighted by atomic mass is 32.1. The van der Waals surface area contributed by atoms with Gasteiger partial charge in [-0.1, -0.05) is 18.2 Å². The Morgan fingerprint density at radius 1 is 1.05 bits per heavy atom. The highest BCUT2D eigenvalue weighted by Gasteiger charge is 2.05. The molecule has 0 aliphatic carbocycles. The SMILES string of the molecule is Cc1ccc(CC(C)NCc2ccc(C)c(C)c2)s1. The summed E-state index contributed by atoms with van der Waals surface area (Å²) in [4.78, 5) is 2.87. The van der Waals surface area contributed by atoms with Crippen molar-refractivity contribution in [2.75, 3.05) is 0 Å². The molecule has 0 fully saturated rings. The van der Waals surface area contributed by atoms with Gasteiger partial charge < -0.3 is 5.32 Å². The molecule has 1 heterocycles. The third kappa shape index (κ3) is 4.19. The molecule has 1 N–H and O–H groups in total. The average molecular weight is 273 g/mol. The third-order valence-electron chi connectivity index (χ3n) is 3.53. The molecule has 2 rings (SSSR count). The Labute approximate surface area is 120 Å². The predicted octanol–water partition coefficient (Wildman–Crippen LogP) is 4.39. The maximum Gasteiger partial charge on any atom is 0.0208 e. The molecule has 1 aromatic carbocycles. The van der Waals surface area contributed by atoms with E-state index in [-0.39, 0.29) is 0 Å². The van der Waals surface area contributed by atoms with E-state index in [1.807, 2.05) is 11.3 Å². The van der Waals surface area contributed by atoms with Gasteiger partial charge in [-0.05, 0) is 62.9 Å². The molecule has 0 bridgehead atoms. The van der Waals surface area contributed by atoms with Crippen LogP contribution >= 0.6 is 11.3 Å². The highest BCUT2D eigenvalue weighted by Crippen LogP contribution is 2.17. The summed E-state index contributed by atoms with van der Waals surface area (Å²) in [6, 6.07) is 11.7. The van der Waals surface area contributed by atoms with Crippen LogP contribution in [0, 0.1) is 20.8 Å². The van der Waals surface area contributed by atoms with Crippen molar-refractivity contribution in [3.63, 3.8) is 0 Å². The van der Waals surface area contributed by atoms with Crippen molar-refractivity contribution >= 4 is 11.3 Å². The van der Waals surface area contributed by atoms with Crippen LogP contribution in [0.4, 0.5) is 0 Å². The quantitative estimate of drug-likeness (QED) is 0.851. The molecule has 0 aliphatic rings. The Hall–Kier alpha value is -1.12. The van der Waals surface area contributed by atoms with Crippen LogP contribution in [-0.4, -0.2) is 6.04 Å². The lowest BCUT2D eigenvalue weighted by atomic mass is 10.1. The topological polar surface area (TPSA) is 12.0 Å². The van der Waals surface area contributed by atoms with Gasteiger partial charge in [0.15, 0.2) is 0 Å². The Bertz CT molecular complexity index is 542. The van der Waals surface area contributed by atoms with Gasteiger partial charge in [0.25, 0.3) is 0 Å². The largest absolute Gasteiger partial charge is 0.310 e. The standard InChI is InChI=1S/C17H23NS/c1-12-5-7-16(9-13(12)2)11-18-14(3)10-17-8-6-15(4)19-17/h5-9,14,18H,10-11H2,1-4H3. The van der Waals surface area contributed by atoms with E-state index in [1.54, 1.807) is 0 Å². The van der Waals surface area contributed by atoms with Gasteiger partial charge in [0.1, 0.15) is 0 Å². The summed E-state index contributed by atoms with van der Waals surface area (Å²) in [5.74, 6) is 0. The van der Waals surface area contributed by atoms with Crippen molar-refractivity contribution in [3.8, 4) is 0 Å². The van der Waals surface area contributed by atoms with Crippen molar-refractivity contribution in [2.45, 2.75) is 46.7 Å². The summed E-state index contributed by atoms with van der Waals surface area (Å²) in [6.45, 7) is 9.72. The van der Waals surface area contributed by atoms with Crippen molar-refractivity contribution in [2.24, 2.45) is 0 Å². The Kier molecular flexibility index (Phi) is 4.78. The van der Waals surface area contributed by atoms with E-state index < -0.39 is 0 Å². The zero-order valence-electron chi connectivity index (χ0n) is 12.3. The molecule has 19 heavy (non-hydrogen) atoms. The van der Waals surface area contributed by atoms with Crippen LogP contribution < -0.4 is 5.32 Å². The minimum absolute atomic E-state index is 0.514. The number of rotatable bonds is 5. The summed E-state index contributed by atoms with van der Waals surface area (Å²) < 4.78 is 0. The number of hydrogen-bond acceptors (Lipinski definition) is 2. The van der Waals surface area contributed by atoms with E-state index in [9.17, 15) is 0 Å². The average Bonchev–Trinajstić information content (AvgIpc) is 2.76. The van der Waals surface area contributed by atoms with E-state index in [4.69, 9.17) is 0 Å². The first kappa shape index (κ1) is 14.3. The van der Waals surface area contributed by atoms with Crippen LogP contribution in [0.1, 0.15) is 33.4 Å². The van der Waals surface area contributed by atoms with Crippen LogP contribution in [0.15, 0.2) is 30.3 Å². The van der Waals surface area contributed by atoms with Gasteiger partial charge in [0, 0.05) is 22.3 Å². The molecule has 2 aromatic rings. The van der Waals surface area contributed by atoms with Gasteiger partial charge in [-0.15, -0.1) is 11.3 Å². The second kappa shape index (κ2) is 6.36. The van der Waals surface area contributed by atoms with Crippen LogP contribution in [0.25, 0.3) is 0 Å². The third-order valence-corrected chi connectivity index (χ3v) is 4.55. The zero-order chi connectivity index (χ0) is 13.8. The fourth-order valence-electron chi connectivity index (χ4n) is 2.17. The van der Waals surface area contributed by atoms with Crippen molar-refractivity contribution in [1.82, 2.24) is 5.32 Å². The second-order valence-electron chi connectivity index (χ2n) is 5.42. The number of hydrogen-bond donors (Lipinski definition) is 1. The predicted molar refractivity (Wildman–Crippen MR) is 85.0 cm³/mol. The Morgan fingerprint density at radius 2 is 1.84 bits per heavy atom. The fourth-order valence-corrected chi connectivity index (χ4v) is 3.19. The molecule has 102 valence electrons. The van der Waals surface area contributed by atoms with Gasteiger partial charge >= 0.3 is 0 Å². The maximum absolute atomic E-state index is 3.61. The van der Waals surface area contributed by atoms with Gasteiger partial charge in [0.2, 0.25) is 0 Å². The fraction of sp³-hybridized carbons (Fsp3) is 0.412. The minimum atomic E-state index is 0.514. The van der Waals surface area contributed by atoms with Crippen LogP contribution in [-0.2, 0) is 13.0 Å². The molecule has 0 saturated heterocycles. The Balaban J connectivity index is 1.86. The lowest BCUT2D eigenvalue weighted by Gasteiger charge is -2.13. The van der Waals surface area contributed by atoms with Crippen LogP contribution in [0.3, 0.4) is 0 Å². The van der Waals surface area contributed by atoms with E-state index in [0.717, 1.165) is 13.0 Å². The molecule has 1 aromatic heterocycles. The molecular weight excluding hydrogens is 250 g/mol. The van der Waals surface area contributed by atoms with Gasteiger partial charge in [0.05, 0.1) is 0 Å². The molecule has 2 heteroatoms. The lowest BCUT2D eigenvalue weighted by Crippen LogP contribution is -2.27. The van der Waals surface area contributed by atoms with Crippen molar-refractivity contribution in [3.05, 3.63) is 56.8 Å². The van der Waals surface area contributed by atoms with E-state index in [2.05, 4.69) is 63.3 Å². The summed E-state index contributed by atoms with van der Waals surface area (Å²) in [7, 11) is 0. The summed E-state index contributed by atoms with van der Waals surface area (Å²) in [6.07, 6.45) is 1.11. The van der Waals surface area contributed by atoms with Gasteiger partial charge in [-0.3, -0.25) is 0 Å². The number of nitrogens with one attached hydrogen (secondary N) is 1. The van der Waals surface area contributed by atoms with Crippen molar-refractivity contribution < 1.29 is 0 Å². The molecule has 1 atom stereocenters. The van der Waals surface area contributed by atoms with E-state index in [0.29, 0.717) is 6.04 Å². The first-order valence-electron chi connectivity index (χ1n) is 6.89. The molecular formula is C17H23NS. The number of thiophene rings is 1. The van der Waals surface area contributed by atoms with E-state index >= 15 is 0 Å². The monoisotopic (exact) mass is 273 g/mol. The normalized spacial score (nSPS) is 12.6. The maximum atomic E-state index is 3.61. The number of benzene rings is 1. The summed E-state index contributed by atoms with van der Waals surface area (Å²) >= 11 is 1.90. The molecule has 0 radical (unpaired) electrons.